The molecule has 2 aliphatic rings. The minimum atomic E-state index is 0.647. The van der Waals surface area contributed by atoms with E-state index in [1.807, 2.05) is 0 Å². The molecule has 0 aromatic heterocycles. The van der Waals surface area contributed by atoms with Gasteiger partial charge in [0.05, 0.1) is 0 Å². The number of nitrogens with two attached hydrogens (primary N) is 3. The van der Waals surface area contributed by atoms with Crippen LogP contribution in [-0.4, -0.2) is 13.1 Å². The maximum Gasteiger partial charge on any atom is 0.0178 e. The molecule has 3 rings (SSSR count). The van der Waals surface area contributed by atoms with Crippen molar-refractivity contribution in [3.8, 4) is 0 Å². The molecular weight excluding hydrogens is 366 g/mol. The molecule has 0 amide bonds. The van der Waals surface area contributed by atoms with Crippen molar-refractivity contribution < 1.29 is 0 Å². The molecule has 0 spiro atoms. The lowest BCUT2D eigenvalue weighted by molar-refractivity contribution is 0.266. The first-order valence-electron chi connectivity index (χ1n) is 12.8. The van der Waals surface area contributed by atoms with Gasteiger partial charge in [-0.05, 0) is 80.0 Å². The van der Waals surface area contributed by atoms with Crippen LogP contribution in [0, 0.1) is 23.7 Å². The van der Waals surface area contributed by atoms with Crippen LogP contribution in [0.1, 0.15) is 96.1 Å². The Morgan fingerprint density at radius 3 is 1.80 bits per heavy atom. The van der Waals surface area contributed by atoms with Gasteiger partial charge in [-0.15, -0.1) is 0 Å². The molecule has 1 aromatic carbocycles. The first-order chi connectivity index (χ1) is 14.6. The topological polar surface area (TPSA) is 78.1 Å². The summed E-state index contributed by atoms with van der Waals surface area (Å²) in [6, 6.07) is 8.39. The van der Waals surface area contributed by atoms with Crippen LogP contribution >= 0.6 is 0 Å². The van der Waals surface area contributed by atoms with Crippen molar-refractivity contribution in [2.24, 2.45) is 40.9 Å². The zero-order valence-corrected chi connectivity index (χ0v) is 20.3. The number of hydrogen-bond donors (Lipinski definition) is 3. The second-order valence-corrected chi connectivity index (χ2v) is 9.45. The van der Waals surface area contributed by atoms with Crippen molar-refractivity contribution in [3.63, 3.8) is 0 Å². The molecule has 0 bridgehead atoms. The summed E-state index contributed by atoms with van der Waals surface area (Å²) in [7, 11) is 0. The molecule has 2 unspecified atom stereocenters. The van der Waals surface area contributed by atoms with Crippen molar-refractivity contribution in [2.75, 3.05) is 13.1 Å². The first kappa shape index (κ1) is 27.1. The fourth-order valence-corrected chi connectivity index (χ4v) is 4.84. The van der Waals surface area contributed by atoms with Crippen molar-refractivity contribution in [1.29, 1.82) is 0 Å². The zero-order valence-electron chi connectivity index (χ0n) is 20.3. The Labute approximate surface area is 187 Å². The van der Waals surface area contributed by atoms with Gasteiger partial charge >= 0.3 is 0 Å². The van der Waals surface area contributed by atoms with Gasteiger partial charge in [-0.3, -0.25) is 0 Å². The molecule has 1 aromatic rings. The second-order valence-electron chi connectivity index (χ2n) is 9.45. The number of benzene rings is 1. The SMILES string of the molecule is CCC1CCC(CN)CC1.CCC1CCCC(CN)C1.CCc1cccc(CN)c1. The maximum atomic E-state index is 5.62. The van der Waals surface area contributed by atoms with Gasteiger partial charge in [0.25, 0.3) is 0 Å². The summed E-state index contributed by atoms with van der Waals surface area (Å²) in [6.45, 7) is 9.22. The Balaban J connectivity index is 0.000000225. The molecule has 3 heteroatoms. The van der Waals surface area contributed by atoms with Crippen molar-refractivity contribution in [3.05, 3.63) is 35.4 Å². The summed E-state index contributed by atoms with van der Waals surface area (Å²) in [4.78, 5) is 0. The van der Waals surface area contributed by atoms with Gasteiger partial charge in [0.1, 0.15) is 0 Å². The van der Waals surface area contributed by atoms with Gasteiger partial charge in [-0.25, -0.2) is 0 Å². The number of rotatable bonds is 6. The van der Waals surface area contributed by atoms with E-state index in [0.29, 0.717) is 6.54 Å². The smallest absolute Gasteiger partial charge is 0.0178 e. The van der Waals surface area contributed by atoms with Gasteiger partial charge in [0.15, 0.2) is 0 Å². The zero-order chi connectivity index (χ0) is 22.2. The van der Waals surface area contributed by atoms with E-state index in [4.69, 9.17) is 17.2 Å². The molecule has 0 aliphatic heterocycles. The monoisotopic (exact) mass is 417 g/mol. The molecule has 2 fully saturated rings. The van der Waals surface area contributed by atoms with Crippen LogP contribution in [0.4, 0.5) is 0 Å². The summed E-state index contributed by atoms with van der Waals surface area (Å²) in [5.41, 5.74) is 19.3. The van der Waals surface area contributed by atoms with Crippen LogP contribution in [0.5, 0.6) is 0 Å². The summed E-state index contributed by atoms with van der Waals surface area (Å²) in [5.74, 6) is 3.70. The van der Waals surface area contributed by atoms with Gasteiger partial charge in [0, 0.05) is 6.54 Å². The quantitative estimate of drug-likeness (QED) is 0.528. The number of aryl methyl sites for hydroxylation is 1. The Hall–Kier alpha value is -0.900. The van der Waals surface area contributed by atoms with E-state index < -0.39 is 0 Å². The fourth-order valence-electron chi connectivity index (χ4n) is 4.84. The third-order valence-corrected chi connectivity index (χ3v) is 7.31. The van der Waals surface area contributed by atoms with E-state index in [-0.39, 0.29) is 0 Å². The van der Waals surface area contributed by atoms with E-state index in [1.54, 1.807) is 0 Å². The Bertz CT molecular complexity index is 481. The minimum Gasteiger partial charge on any atom is -0.330 e. The lowest BCUT2D eigenvalue weighted by atomic mass is 9.80. The summed E-state index contributed by atoms with van der Waals surface area (Å²) in [6.07, 6.45) is 15.1. The molecule has 6 N–H and O–H groups in total. The van der Waals surface area contributed by atoms with Crippen LogP contribution in [-0.2, 0) is 13.0 Å². The largest absolute Gasteiger partial charge is 0.330 e. The molecule has 3 nitrogen and oxygen atoms in total. The number of hydrogen-bond acceptors (Lipinski definition) is 3. The fraction of sp³-hybridized carbons (Fsp3) is 0.778. The van der Waals surface area contributed by atoms with Gasteiger partial charge in [-0.1, -0.05) is 83.6 Å². The highest BCUT2D eigenvalue weighted by molar-refractivity contribution is 5.22. The highest BCUT2D eigenvalue weighted by atomic mass is 14.6. The van der Waals surface area contributed by atoms with E-state index in [1.165, 1.54) is 75.3 Å². The van der Waals surface area contributed by atoms with Gasteiger partial charge in [-0.2, -0.15) is 0 Å². The van der Waals surface area contributed by atoms with Crippen LogP contribution < -0.4 is 17.2 Å². The van der Waals surface area contributed by atoms with Crippen molar-refractivity contribution in [1.82, 2.24) is 0 Å². The average Bonchev–Trinajstić information content (AvgIpc) is 2.84. The maximum absolute atomic E-state index is 5.62. The van der Waals surface area contributed by atoms with Gasteiger partial charge < -0.3 is 17.2 Å². The first-order valence-corrected chi connectivity index (χ1v) is 12.8. The molecule has 0 heterocycles. The van der Waals surface area contributed by atoms with Crippen LogP contribution in [0.25, 0.3) is 0 Å². The Morgan fingerprint density at radius 2 is 1.27 bits per heavy atom. The molecule has 174 valence electrons. The van der Waals surface area contributed by atoms with Crippen LogP contribution in [0.15, 0.2) is 24.3 Å². The summed E-state index contributed by atoms with van der Waals surface area (Å²) < 4.78 is 0. The summed E-state index contributed by atoms with van der Waals surface area (Å²) in [5, 5.41) is 0. The molecule has 2 aliphatic carbocycles. The third kappa shape index (κ3) is 10.9. The van der Waals surface area contributed by atoms with Crippen molar-refractivity contribution >= 4 is 0 Å². The van der Waals surface area contributed by atoms with Crippen LogP contribution in [0.2, 0.25) is 0 Å². The van der Waals surface area contributed by atoms with E-state index >= 15 is 0 Å². The Kier molecular flexibility index (Phi) is 15.2. The van der Waals surface area contributed by atoms with E-state index in [0.717, 1.165) is 43.2 Å². The molecule has 2 atom stereocenters. The van der Waals surface area contributed by atoms with Crippen molar-refractivity contribution in [2.45, 2.75) is 97.9 Å². The lowest BCUT2D eigenvalue weighted by Gasteiger charge is -2.27. The predicted octanol–water partition coefficient (Wildman–Crippen LogP) is 6.03. The van der Waals surface area contributed by atoms with Crippen LogP contribution in [0.3, 0.4) is 0 Å². The van der Waals surface area contributed by atoms with E-state index in [2.05, 4.69) is 45.0 Å². The molecule has 0 radical (unpaired) electrons. The second kappa shape index (κ2) is 16.8. The van der Waals surface area contributed by atoms with Gasteiger partial charge in [0.2, 0.25) is 0 Å². The molecule has 0 saturated heterocycles. The molecule has 2 saturated carbocycles. The molecule has 30 heavy (non-hydrogen) atoms. The highest BCUT2D eigenvalue weighted by Crippen LogP contribution is 2.30. The average molecular weight is 418 g/mol. The summed E-state index contributed by atoms with van der Waals surface area (Å²) >= 11 is 0. The molecular formula is C27H51N3. The predicted molar refractivity (Wildman–Crippen MR) is 133 cm³/mol. The standard InChI is InChI=1S/2C9H19N.C9H13N/c1-2-8-3-5-9(7-10)6-4-8;2*1-2-8-4-3-5-9(6-8)7-10/h2*8-9H,2-7,10H2,1H3;3-6H,2,7,10H2,1H3. The third-order valence-electron chi connectivity index (χ3n) is 7.31. The highest BCUT2D eigenvalue weighted by Gasteiger charge is 2.19. The Morgan fingerprint density at radius 1 is 0.700 bits per heavy atom. The minimum absolute atomic E-state index is 0.647. The normalized spacial score (nSPS) is 26.1. The van der Waals surface area contributed by atoms with E-state index in [9.17, 15) is 0 Å². The lowest BCUT2D eigenvalue weighted by Crippen LogP contribution is -2.22.